The van der Waals surface area contributed by atoms with Crippen LogP contribution in [0.25, 0.3) is 0 Å². The van der Waals surface area contributed by atoms with Gasteiger partial charge < -0.3 is 114 Å². The fourth-order valence-electron chi connectivity index (χ4n) is 8.65. The summed E-state index contributed by atoms with van der Waals surface area (Å²) in [4.78, 5) is 153. The summed E-state index contributed by atoms with van der Waals surface area (Å²) >= 11 is 0. The van der Waals surface area contributed by atoms with E-state index in [9.17, 15) is 58.2 Å². The number of esters is 1. The van der Waals surface area contributed by atoms with E-state index < -0.39 is 133 Å². The van der Waals surface area contributed by atoms with Gasteiger partial charge in [0.25, 0.3) is 17.7 Å². The van der Waals surface area contributed by atoms with Crippen molar-refractivity contribution in [2.75, 3.05) is 65.5 Å². The fourth-order valence-corrected chi connectivity index (χ4v) is 8.65. The number of H-pyrrole nitrogens is 1. The van der Waals surface area contributed by atoms with Gasteiger partial charge in [0.1, 0.15) is 47.7 Å². The van der Waals surface area contributed by atoms with Crippen molar-refractivity contribution in [1.29, 1.82) is 0 Å². The zero-order valence-corrected chi connectivity index (χ0v) is 49.0. The molecule has 2 heterocycles. The van der Waals surface area contributed by atoms with Crippen molar-refractivity contribution in [2.45, 2.75) is 158 Å². The highest BCUT2D eigenvalue weighted by Crippen LogP contribution is 2.20. The van der Waals surface area contributed by atoms with Crippen molar-refractivity contribution in [3.63, 3.8) is 0 Å². The third-order valence-electron chi connectivity index (χ3n) is 13.4. The number of aromatic nitrogens is 2. The van der Waals surface area contributed by atoms with Crippen molar-refractivity contribution in [3.05, 3.63) is 30.0 Å². The fraction of sp³-hybridized carbons (Fsp3) is 0.673. The molecule has 1 aliphatic rings. The molecule has 0 bridgehead atoms. The number of likely N-dealkylation sites (tertiary alicyclic amines) is 1. The molecule has 0 spiro atoms. The quantitative estimate of drug-likeness (QED) is 0.00950. The van der Waals surface area contributed by atoms with Gasteiger partial charge in [-0.15, -0.1) is 0 Å². The number of aliphatic hydroxyl groups is 2. The van der Waals surface area contributed by atoms with Crippen molar-refractivity contribution >= 4 is 70.8 Å². The Bertz CT molecular complexity index is 2430. The summed E-state index contributed by atoms with van der Waals surface area (Å²) in [5, 5.41) is 38.6. The molecule has 9 atom stereocenters. The number of aliphatic imine (C=N–C) groups is 2. The third-order valence-corrected chi connectivity index (χ3v) is 13.4. The standard InChI is InChI=1S/C52H93N21O13/c1-2-86-51(85)35(14-5-8-20-55)69-45(79)33(16-10-22-63-52(60)61)67-44(78)32(13-4-7-19-54)68-46(80)36(24-30-27-62-29-65-30)70-47(81)37-17-11-23-73(37)50(84)34(15-9-21-56)66-40(76)28-64-48(82)41(38(74)25-57)72-49(83)42(39(75)26-58)71-43(77)31(59)12-3-6-18-53/h16,27,29,31-32,35-39,41-42,74-75H,2-15,17-26,28,53-59H2,1H3,(H,62,65)(H,64,82)(H,67,78)(H,68,80)(H,69,79)(H,70,81)(H,71,77)(H,72,83)(H4,60,61,63)/b33-16-,66-34?/t31-,32-,35-,36-,37-,38-,39-,41-,42-/m0/s1. The predicted molar refractivity (Wildman–Crippen MR) is 315 cm³/mol. The molecular formula is C52H93N21O13. The molecule has 1 aromatic heterocycles. The SMILES string of the molecule is CCOC(=O)[C@H](CCCCN)NC(=O)/C(=C/CCN=C(N)N)NC(=O)[C@H](CCCCN)NC(=O)[C@H](Cc1cnc[nH]1)NC(=O)[C@@H]1CCCN1C(=O)C(CCCN)=NC(=O)CNC(=O)[C@@H](NC(=O)[C@@H](NC(=O)[C@@H](N)CCCCN)[C@@H](O)CN)[C@@H](O)CN. The number of rotatable bonds is 42. The van der Waals surface area contributed by atoms with E-state index in [2.05, 4.69) is 57.2 Å². The molecule has 34 nitrogen and oxygen atoms in total. The molecule has 1 saturated heterocycles. The van der Waals surface area contributed by atoms with Crippen molar-refractivity contribution in [2.24, 2.45) is 61.6 Å². The molecule has 0 aromatic carbocycles. The summed E-state index contributed by atoms with van der Waals surface area (Å²) in [7, 11) is 0. The second kappa shape index (κ2) is 41.5. The minimum absolute atomic E-state index is 0.00618. The Morgan fingerprint density at radius 3 is 1.93 bits per heavy atom. The van der Waals surface area contributed by atoms with Crippen molar-refractivity contribution in [3.8, 4) is 0 Å². The first-order valence-corrected chi connectivity index (χ1v) is 28.8. The lowest BCUT2D eigenvalue weighted by molar-refractivity contribution is -0.147. The van der Waals surface area contributed by atoms with Gasteiger partial charge in [0.05, 0.1) is 37.7 Å². The van der Waals surface area contributed by atoms with Crippen LogP contribution in [0.3, 0.4) is 0 Å². The van der Waals surface area contributed by atoms with Crippen LogP contribution in [0, 0.1) is 0 Å². The number of guanidine groups is 1. The Hall–Kier alpha value is -7.57. The van der Waals surface area contributed by atoms with Gasteiger partial charge in [0.15, 0.2) is 5.96 Å². The maximum Gasteiger partial charge on any atom is 0.328 e. The van der Waals surface area contributed by atoms with Crippen LogP contribution in [0.15, 0.2) is 34.3 Å². The molecule has 0 saturated carbocycles. The summed E-state index contributed by atoms with van der Waals surface area (Å²) < 4.78 is 5.18. The van der Waals surface area contributed by atoms with Crippen molar-refractivity contribution in [1.82, 2.24) is 52.1 Å². The largest absolute Gasteiger partial charge is 0.464 e. The van der Waals surface area contributed by atoms with E-state index >= 15 is 0 Å². The van der Waals surface area contributed by atoms with Crippen LogP contribution >= 0.6 is 0 Å². The molecule has 9 amide bonds. The predicted octanol–water partition coefficient (Wildman–Crippen LogP) is -8.23. The molecule has 0 aliphatic carbocycles. The van der Waals surface area contributed by atoms with Crippen molar-refractivity contribution < 1.29 is 62.9 Å². The molecule has 86 heavy (non-hydrogen) atoms. The third kappa shape index (κ3) is 26.8. The molecule has 1 aromatic rings. The van der Waals surface area contributed by atoms with Crippen LogP contribution in [0.4, 0.5) is 0 Å². The van der Waals surface area contributed by atoms with Crippen LogP contribution < -0.4 is 88.8 Å². The second-order valence-corrected chi connectivity index (χ2v) is 20.1. The average molecular weight is 1220 g/mol. The average Bonchev–Trinajstić information content (AvgIpc) is 3.07. The van der Waals surface area contributed by atoms with E-state index in [-0.39, 0.29) is 102 Å². The first-order chi connectivity index (χ1) is 41.1. The zero-order valence-electron chi connectivity index (χ0n) is 49.0. The molecule has 0 unspecified atom stereocenters. The summed E-state index contributed by atoms with van der Waals surface area (Å²) in [6.45, 7) is 0.649. The van der Waals surface area contributed by atoms with Crippen LogP contribution in [0.5, 0.6) is 0 Å². The summed E-state index contributed by atoms with van der Waals surface area (Å²) in [5.41, 5.74) is 50.6. The molecular weight excluding hydrogens is 1130 g/mol. The summed E-state index contributed by atoms with van der Waals surface area (Å²) in [5.74, 6) is -9.32. The number of ether oxygens (including phenoxy) is 1. The minimum atomic E-state index is -1.86. The van der Waals surface area contributed by atoms with E-state index in [1.165, 1.54) is 23.5 Å². The number of nitrogens with zero attached hydrogens (tertiary/aromatic N) is 4. The number of aliphatic hydroxyl groups excluding tert-OH is 2. The highest BCUT2D eigenvalue weighted by atomic mass is 16.5. The molecule has 0 radical (unpaired) electrons. The maximum absolute atomic E-state index is 14.4. The number of imidazole rings is 1. The Morgan fingerprint density at radius 1 is 0.744 bits per heavy atom. The molecule has 2 rings (SSSR count). The number of aromatic amines is 1. The number of unbranched alkanes of at least 4 members (excludes halogenated alkanes) is 3. The Kier molecular flexibility index (Phi) is 35.9. The van der Waals surface area contributed by atoms with Gasteiger partial charge in [-0.05, 0) is 117 Å². The highest BCUT2D eigenvalue weighted by molar-refractivity contribution is 6.40. The number of hydrogen-bond donors (Lipinski definition) is 19. The Balaban J connectivity index is 2.42. The normalized spacial score (nSPS) is 16.2. The molecule has 484 valence electrons. The van der Waals surface area contributed by atoms with Gasteiger partial charge in [0.2, 0.25) is 35.4 Å². The molecule has 1 fully saturated rings. The summed E-state index contributed by atoms with van der Waals surface area (Å²) in [6, 6.07) is -9.79. The Labute approximate surface area is 499 Å². The second-order valence-electron chi connectivity index (χ2n) is 20.1. The lowest BCUT2D eigenvalue weighted by Crippen LogP contribution is -2.63. The maximum atomic E-state index is 14.4. The molecule has 34 heteroatoms. The van der Waals surface area contributed by atoms with Gasteiger partial charge >= 0.3 is 5.97 Å². The van der Waals surface area contributed by atoms with Crippen LogP contribution in [0.1, 0.15) is 103 Å². The molecule has 28 N–H and O–H groups in total. The monoisotopic (exact) mass is 1220 g/mol. The number of carbonyl (C=O) groups excluding carboxylic acids is 10. The number of carbonyl (C=O) groups is 10. The van der Waals surface area contributed by atoms with Gasteiger partial charge in [-0.2, -0.15) is 0 Å². The topological polar surface area (TPSA) is 595 Å². The lowest BCUT2D eigenvalue weighted by Gasteiger charge is -2.28. The van der Waals surface area contributed by atoms with Crippen LogP contribution in [-0.2, 0) is 59.1 Å². The molecule has 1 aliphatic heterocycles. The minimum Gasteiger partial charge on any atom is -0.464 e. The first-order valence-electron chi connectivity index (χ1n) is 28.8. The Morgan fingerprint density at radius 2 is 1.35 bits per heavy atom. The van der Waals surface area contributed by atoms with Crippen LogP contribution in [0.2, 0.25) is 0 Å². The number of hydrogen-bond acceptors (Lipinski definition) is 22. The zero-order chi connectivity index (χ0) is 64.1. The van der Waals surface area contributed by atoms with Gasteiger partial charge in [-0.3, -0.25) is 48.1 Å². The van der Waals surface area contributed by atoms with E-state index in [4.69, 9.17) is 56.3 Å². The van der Waals surface area contributed by atoms with E-state index in [1.807, 2.05) is 0 Å². The number of amides is 9. The number of nitrogens with one attached hydrogen (secondary N) is 8. The van der Waals surface area contributed by atoms with Crippen LogP contribution in [-0.4, -0.2) is 216 Å². The van der Waals surface area contributed by atoms with Gasteiger partial charge in [-0.1, -0.05) is 12.5 Å². The summed E-state index contributed by atoms with van der Waals surface area (Å²) in [6.07, 6.45) is 4.12. The lowest BCUT2D eigenvalue weighted by atomic mass is 10.1. The van der Waals surface area contributed by atoms with E-state index in [1.54, 1.807) is 6.92 Å². The van der Waals surface area contributed by atoms with Gasteiger partial charge in [0, 0.05) is 44.5 Å². The van der Waals surface area contributed by atoms with Gasteiger partial charge in [-0.25, -0.2) is 14.8 Å². The van der Waals surface area contributed by atoms with E-state index in [0.29, 0.717) is 63.7 Å². The number of nitrogens with two attached hydrogens (primary N) is 9. The van der Waals surface area contributed by atoms with E-state index in [0.717, 1.165) is 0 Å². The highest BCUT2D eigenvalue weighted by Gasteiger charge is 2.39. The first kappa shape index (κ1) is 74.5. The smallest absolute Gasteiger partial charge is 0.328 e.